The second-order valence-electron chi connectivity index (χ2n) is 10.9. The van der Waals surface area contributed by atoms with Crippen molar-refractivity contribution >= 4 is 43.4 Å². The molecule has 0 bridgehead atoms. The van der Waals surface area contributed by atoms with Gasteiger partial charge in [0.15, 0.2) is 11.6 Å². The maximum Gasteiger partial charge on any atom is 0.327 e. The van der Waals surface area contributed by atoms with Crippen LogP contribution in [0, 0.1) is 5.92 Å². The van der Waals surface area contributed by atoms with Gasteiger partial charge in [-0.25, -0.2) is 20.9 Å². The standard InChI is InChI=1S/C27H39ClN7O5P/c1-5-35(29)24-22-23(30-15-31-24)34(16-32-22)25-18(4)13-21(39-25)14-37-41(40-20-9-7-19(28)8-10-20)33-27(11-6-12-27)26(36)38-17(2)3/h7-10,15,17-18,21,25,32-33H,5-6,11-14,16,29H2,1-4H3. The molecule has 2 aromatic rings. The molecule has 5 rings (SSSR count). The van der Waals surface area contributed by atoms with Crippen molar-refractivity contribution in [2.24, 2.45) is 11.8 Å². The van der Waals surface area contributed by atoms with E-state index in [2.05, 4.69) is 32.2 Å². The number of nitrogens with zero attached hydrogens (tertiary/aromatic N) is 4. The molecular weight excluding hydrogens is 569 g/mol. The van der Waals surface area contributed by atoms with Crippen LogP contribution in [0.2, 0.25) is 5.02 Å². The van der Waals surface area contributed by atoms with Crippen LogP contribution in [-0.2, 0) is 18.8 Å². The van der Waals surface area contributed by atoms with E-state index in [0.717, 1.165) is 24.3 Å². The Kier molecular flexibility index (Phi) is 9.37. The Labute approximate surface area is 247 Å². The van der Waals surface area contributed by atoms with Gasteiger partial charge >= 0.3 is 14.5 Å². The van der Waals surface area contributed by atoms with Crippen molar-refractivity contribution in [2.75, 3.05) is 35.0 Å². The zero-order valence-corrected chi connectivity index (χ0v) is 25.5. The summed E-state index contributed by atoms with van der Waals surface area (Å²) in [5, 5.41) is 8.95. The van der Waals surface area contributed by atoms with Gasteiger partial charge in [-0.05, 0) is 70.7 Å². The lowest BCUT2D eigenvalue weighted by Gasteiger charge is -2.41. The van der Waals surface area contributed by atoms with Crippen LogP contribution in [0.1, 0.15) is 53.4 Å². The van der Waals surface area contributed by atoms with E-state index in [1.807, 2.05) is 20.8 Å². The number of fused-ring (bicyclic) bond motifs is 1. The fraction of sp³-hybridized carbons (Fsp3) is 0.593. The van der Waals surface area contributed by atoms with E-state index in [4.69, 9.17) is 36.0 Å². The van der Waals surface area contributed by atoms with Gasteiger partial charge in [0.05, 0.1) is 25.5 Å². The van der Waals surface area contributed by atoms with Gasteiger partial charge in [-0.1, -0.05) is 18.5 Å². The number of aromatic nitrogens is 2. The molecule has 0 amide bonds. The zero-order chi connectivity index (χ0) is 29.1. The highest BCUT2D eigenvalue weighted by molar-refractivity contribution is 7.45. The van der Waals surface area contributed by atoms with Crippen molar-refractivity contribution in [3.63, 3.8) is 0 Å². The highest BCUT2D eigenvalue weighted by atomic mass is 35.5. The van der Waals surface area contributed by atoms with Crippen molar-refractivity contribution in [1.82, 2.24) is 15.1 Å². The third-order valence-electron chi connectivity index (χ3n) is 7.50. The molecule has 4 N–H and O–H groups in total. The van der Waals surface area contributed by atoms with Crippen LogP contribution in [0.5, 0.6) is 5.75 Å². The smallest absolute Gasteiger partial charge is 0.327 e. The molecule has 1 saturated heterocycles. The van der Waals surface area contributed by atoms with Crippen LogP contribution < -0.4 is 30.7 Å². The third-order valence-corrected chi connectivity index (χ3v) is 9.13. The summed E-state index contributed by atoms with van der Waals surface area (Å²) in [6, 6.07) is 7.07. The lowest BCUT2D eigenvalue weighted by molar-refractivity contribution is -0.158. The fourth-order valence-corrected chi connectivity index (χ4v) is 6.75. The lowest BCUT2D eigenvalue weighted by Crippen LogP contribution is -2.56. The van der Waals surface area contributed by atoms with E-state index in [1.54, 1.807) is 29.3 Å². The molecule has 2 aliphatic heterocycles. The van der Waals surface area contributed by atoms with Crippen molar-refractivity contribution < 1.29 is 23.3 Å². The Bertz CT molecular complexity index is 1210. The molecular formula is C27H39ClN7O5P. The van der Waals surface area contributed by atoms with Crippen molar-refractivity contribution in [2.45, 2.75) is 77.4 Å². The minimum Gasteiger partial charge on any atom is -0.462 e. The van der Waals surface area contributed by atoms with Gasteiger partial charge in [-0.15, -0.1) is 0 Å². The fourth-order valence-electron chi connectivity index (χ4n) is 5.18. The van der Waals surface area contributed by atoms with Gasteiger partial charge in [0.1, 0.15) is 29.5 Å². The normalized spacial score (nSPS) is 23.5. The summed E-state index contributed by atoms with van der Waals surface area (Å²) in [4.78, 5) is 24.0. The minimum atomic E-state index is -1.70. The average molecular weight is 608 g/mol. The summed E-state index contributed by atoms with van der Waals surface area (Å²) in [5.74, 6) is 8.08. The molecule has 4 atom stereocenters. The molecule has 1 saturated carbocycles. The largest absolute Gasteiger partial charge is 0.462 e. The number of esters is 1. The van der Waals surface area contributed by atoms with Crippen molar-refractivity contribution in [3.05, 3.63) is 35.6 Å². The second-order valence-corrected chi connectivity index (χ2v) is 12.6. The molecule has 3 aliphatic rings. The van der Waals surface area contributed by atoms with Crippen LogP contribution >= 0.6 is 20.1 Å². The SMILES string of the molecule is CCN(N)c1ncnc2c1NCN2C1OC(COP(NC2(C(=O)OC(C)C)CCC2)Oc2ccc(Cl)cc2)CC1C. The number of benzene rings is 1. The highest BCUT2D eigenvalue weighted by Gasteiger charge is 2.49. The van der Waals surface area contributed by atoms with E-state index >= 15 is 0 Å². The van der Waals surface area contributed by atoms with Crippen LogP contribution in [-0.4, -0.2) is 59.7 Å². The zero-order valence-electron chi connectivity index (χ0n) is 23.9. The number of hydrogen-bond acceptors (Lipinski definition) is 12. The molecule has 224 valence electrons. The number of hydrazine groups is 1. The van der Waals surface area contributed by atoms with Crippen LogP contribution in [0.25, 0.3) is 0 Å². The number of carbonyl (C=O) groups excluding carboxylic acids is 1. The maximum atomic E-state index is 13.0. The predicted octanol–water partition coefficient (Wildman–Crippen LogP) is 4.56. The molecule has 14 heteroatoms. The van der Waals surface area contributed by atoms with Gasteiger partial charge < -0.3 is 28.7 Å². The predicted molar refractivity (Wildman–Crippen MR) is 159 cm³/mol. The van der Waals surface area contributed by atoms with Gasteiger partial charge in [0.2, 0.25) is 0 Å². The van der Waals surface area contributed by atoms with Gasteiger partial charge in [-0.2, -0.15) is 0 Å². The topological polar surface area (TPSA) is 136 Å². The Morgan fingerprint density at radius 1 is 1.34 bits per heavy atom. The van der Waals surface area contributed by atoms with E-state index in [1.165, 1.54) is 6.33 Å². The quantitative estimate of drug-likeness (QED) is 0.135. The molecule has 1 aromatic heterocycles. The Hall–Kier alpha value is -2.47. The Morgan fingerprint density at radius 3 is 2.76 bits per heavy atom. The summed E-state index contributed by atoms with van der Waals surface area (Å²) in [5.41, 5.74) is -0.0255. The average Bonchev–Trinajstić information content (AvgIpc) is 3.52. The first-order valence-corrected chi connectivity index (χ1v) is 15.6. The van der Waals surface area contributed by atoms with Crippen LogP contribution in [0.15, 0.2) is 30.6 Å². The number of hydrogen-bond donors (Lipinski definition) is 3. The number of nitrogens with one attached hydrogen (secondary N) is 2. The van der Waals surface area contributed by atoms with E-state index in [-0.39, 0.29) is 36.9 Å². The first kappa shape index (κ1) is 30.0. The first-order chi connectivity index (χ1) is 19.7. The minimum absolute atomic E-state index is 0.178. The molecule has 1 aliphatic carbocycles. The molecule has 0 radical (unpaired) electrons. The summed E-state index contributed by atoms with van der Waals surface area (Å²) >= 11 is 6.07. The summed E-state index contributed by atoms with van der Waals surface area (Å²) < 4.78 is 24.6. The molecule has 0 spiro atoms. The molecule has 41 heavy (non-hydrogen) atoms. The molecule has 3 heterocycles. The van der Waals surface area contributed by atoms with Crippen molar-refractivity contribution in [3.8, 4) is 5.75 Å². The van der Waals surface area contributed by atoms with Crippen LogP contribution in [0.3, 0.4) is 0 Å². The molecule has 4 unspecified atom stereocenters. The van der Waals surface area contributed by atoms with Gasteiger partial charge in [0.25, 0.3) is 0 Å². The highest BCUT2D eigenvalue weighted by Crippen LogP contribution is 2.46. The van der Waals surface area contributed by atoms with E-state index in [0.29, 0.717) is 42.6 Å². The van der Waals surface area contributed by atoms with Crippen LogP contribution in [0.4, 0.5) is 17.3 Å². The number of nitrogens with two attached hydrogens (primary N) is 1. The lowest BCUT2D eigenvalue weighted by atomic mass is 9.78. The van der Waals surface area contributed by atoms with E-state index < -0.39 is 14.1 Å². The Balaban J connectivity index is 1.26. The number of rotatable bonds is 12. The number of ether oxygens (including phenoxy) is 2. The number of halogens is 1. The third kappa shape index (κ3) is 6.63. The maximum absolute atomic E-state index is 13.0. The van der Waals surface area contributed by atoms with E-state index in [9.17, 15) is 4.79 Å². The van der Waals surface area contributed by atoms with Crippen molar-refractivity contribution in [1.29, 1.82) is 0 Å². The number of anilines is 3. The molecule has 1 aromatic carbocycles. The Morgan fingerprint density at radius 2 is 2.10 bits per heavy atom. The van der Waals surface area contributed by atoms with Gasteiger partial charge in [-0.3, -0.25) is 9.80 Å². The summed E-state index contributed by atoms with van der Waals surface area (Å²) in [7, 11) is -1.70. The summed E-state index contributed by atoms with van der Waals surface area (Å²) in [6.07, 6.45) is 3.96. The monoisotopic (exact) mass is 607 g/mol. The summed E-state index contributed by atoms with van der Waals surface area (Å²) in [6.45, 7) is 9.26. The van der Waals surface area contributed by atoms with Gasteiger partial charge in [0, 0.05) is 17.5 Å². The molecule has 12 nitrogen and oxygen atoms in total. The number of carbonyl (C=O) groups is 1. The second kappa shape index (κ2) is 12.8. The first-order valence-electron chi connectivity index (χ1n) is 14.1. The molecule has 2 fully saturated rings.